The zero-order valence-electron chi connectivity index (χ0n) is 22.4. The van der Waals surface area contributed by atoms with Crippen LogP contribution in [0.5, 0.6) is 23.0 Å². The van der Waals surface area contributed by atoms with Gasteiger partial charge in [-0.2, -0.15) is 0 Å². The SMILES string of the molecule is COC1=C(P(=O)(C(=O)c2c(OC)cccc2OC)C(=O)c2c(OC)cccc2OC)C=CC(OC)(OC)C1. The Hall–Kier alpha value is -3.59. The molecule has 38 heavy (non-hydrogen) atoms. The minimum Gasteiger partial charge on any atom is -0.500 e. The summed E-state index contributed by atoms with van der Waals surface area (Å²) >= 11 is 0. The van der Waals surface area contributed by atoms with Gasteiger partial charge in [0.1, 0.15) is 39.9 Å². The molecule has 0 aliphatic heterocycles. The molecule has 0 N–H and O–H groups in total. The highest BCUT2D eigenvalue weighted by Gasteiger charge is 2.51. The lowest BCUT2D eigenvalue weighted by molar-refractivity contribution is -0.174. The van der Waals surface area contributed by atoms with Crippen LogP contribution in [0, 0.1) is 0 Å². The predicted molar refractivity (Wildman–Crippen MR) is 140 cm³/mol. The summed E-state index contributed by atoms with van der Waals surface area (Å²) in [6.07, 6.45) is 2.78. The van der Waals surface area contributed by atoms with E-state index in [4.69, 9.17) is 33.2 Å². The van der Waals surface area contributed by atoms with Crippen molar-refractivity contribution in [3.63, 3.8) is 0 Å². The zero-order valence-corrected chi connectivity index (χ0v) is 23.3. The number of benzene rings is 2. The topological polar surface area (TPSA) is 116 Å². The van der Waals surface area contributed by atoms with Gasteiger partial charge in [0.05, 0.1) is 47.3 Å². The van der Waals surface area contributed by atoms with Crippen molar-refractivity contribution in [1.82, 2.24) is 0 Å². The second kappa shape index (κ2) is 11.9. The molecule has 0 spiro atoms. The average Bonchev–Trinajstić information content (AvgIpc) is 2.98. The van der Waals surface area contributed by atoms with E-state index in [0.29, 0.717) is 0 Å². The van der Waals surface area contributed by atoms with Gasteiger partial charge in [-0.1, -0.05) is 12.1 Å². The first kappa shape index (κ1) is 29.0. The standard InChI is InChI=1S/C27H31O10P/c1-31-17-10-8-11-18(32-2)23(17)25(28)38(30,22-14-15-27(36-6,37-7)16-21(22)35-5)26(29)24-19(33-3)12-9-13-20(24)34-4/h8-15H,16H2,1-7H3. The van der Waals surface area contributed by atoms with Gasteiger partial charge in [0.15, 0.2) is 5.79 Å². The summed E-state index contributed by atoms with van der Waals surface area (Å²) in [5.74, 6) is -0.859. The molecule has 1 aliphatic carbocycles. The summed E-state index contributed by atoms with van der Waals surface area (Å²) in [6, 6.07) is 9.26. The quantitative estimate of drug-likeness (QED) is 0.270. The van der Waals surface area contributed by atoms with Crippen molar-refractivity contribution in [2.75, 3.05) is 49.8 Å². The van der Waals surface area contributed by atoms with E-state index < -0.39 is 24.0 Å². The Balaban J connectivity index is 2.41. The summed E-state index contributed by atoms with van der Waals surface area (Å²) in [6.45, 7) is 0. The van der Waals surface area contributed by atoms with E-state index in [2.05, 4.69) is 0 Å². The summed E-state index contributed by atoms with van der Waals surface area (Å²) in [7, 11) is 4.85. The fourth-order valence-corrected chi connectivity index (χ4v) is 6.74. The van der Waals surface area contributed by atoms with E-state index >= 15 is 4.57 Å². The Morgan fingerprint density at radius 3 is 1.39 bits per heavy atom. The third kappa shape index (κ3) is 4.82. The molecule has 0 radical (unpaired) electrons. The van der Waals surface area contributed by atoms with Crippen molar-refractivity contribution in [3.8, 4) is 23.0 Å². The van der Waals surface area contributed by atoms with Crippen molar-refractivity contribution < 1.29 is 47.3 Å². The fourth-order valence-electron chi connectivity index (χ4n) is 4.24. The van der Waals surface area contributed by atoms with Gasteiger partial charge in [0, 0.05) is 14.2 Å². The lowest BCUT2D eigenvalue weighted by atomic mass is 10.1. The number of ether oxygens (including phenoxy) is 7. The molecule has 2 aromatic rings. The summed E-state index contributed by atoms with van der Waals surface area (Å²) in [5.41, 5.74) is -2.34. The molecule has 3 rings (SSSR count). The van der Waals surface area contributed by atoms with E-state index in [9.17, 15) is 9.59 Å². The molecule has 0 heterocycles. The lowest BCUT2D eigenvalue weighted by Crippen LogP contribution is -2.34. The van der Waals surface area contributed by atoms with Crippen molar-refractivity contribution in [2.24, 2.45) is 0 Å². The smallest absolute Gasteiger partial charge is 0.252 e. The third-order valence-electron chi connectivity index (χ3n) is 6.32. The van der Waals surface area contributed by atoms with Gasteiger partial charge in [-0.3, -0.25) is 9.59 Å². The molecule has 0 saturated heterocycles. The first-order valence-corrected chi connectivity index (χ1v) is 13.1. The van der Waals surface area contributed by atoms with Gasteiger partial charge >= 0.3 is 0 Å². The Labute approximate surface area is 221 Å². The Bertz CT molecular complexity index is 1210. The van der Waals surface area contributed by atoms with Gasteiger partial charge < -0.3 is 37.7 Å². The summed E-state index contributed by atoms with van der Waals surface area (Å²) in [5, 5.41) is -0.124. The number of allylic oxidation sites excluding steroid dienone is 2. The molecule has 10 nitrogen and oxygen atoms in total. The maximum Gasteiger partial charge on any atom is 0.252 e. The van der Waals surface area contributed by atoms with E-state index in [-0.39, 0.29) is 51.6 Å². The molecule has 0 bridgehead atoms. The first-order chi connectivity index (χ1) is 18.2. The van der Waals surface area contributed by atoms with Crippen LogP contribution in [0.25, 0.3) is 0 Å². The number of carbonyl (C=O) groups excluding carboxylic acids is 2. The van der Waals surface area contributed by atoms with Crippen molar-refractivity contribution in [1.29, 1.82) is 0 Å². The van der Waals surface area contributed by atoms with Crippen LogP contribution in [0.1, 0.15) is 27.1 Å². The maximum absolute atomic E-state index is 15.2. The van der Waals surface area contributed by atoms with Crippen LogP contribution >= 0.6 is 7.14 Å². The molecule has 204 valence electrons. The molecule has 0 fully saturated rings. The van der Waals surface area contributed by atoms with Crippen LogP contribution in [0.15, 0.2) is 59.6 Å². The number of carbonyl (C=O) groups is 2. The van der Waals surface area contributed by atoms with Gasteiger partial charge in [-0.15, -0.1) is 0 Å². The molecule has 0 unspecified atom stereocenters. The first-order valence-electron chi connectivity index (χ1n) is 11.4. The third-order valence-corrected chi connectivity index (χ3v) is 8.99. The number of methoxy groups -OCH3 is 7. The van der Waals surface area contributed by atoms with E-state index in [0.717, 1.165) is 0 Å². The van der Waals surface area contributed by atoms with E-state index in [1.54, 1.807) is 12.1 Å². The van der Waals surface area contributed by atoms with Gasteiger partial charge in [0.25, 0.3) is 7.14 Å². The van der Waals surface area contributed by atoms with Crippen LogP contribution in [0.4, 0.5) is 0 Å². The van der Waals surface area contributed by atoms with E-state index in [1.807, 2.05) is 0 Å². The highest BCUT2D eigenvalue weighted by atomic mass is 31.2. The van der Waals surface area contributed by atoms with Gasteiger partial charge in [0.2, 0.25) is 11.0 Å². The van der Waals surface area contributed by atoms with Crippen LogP contribution in [-0.2, 0) is 18.8 Å². The maximum atomic E-state index is 15.2. The molecule has 0 atom stereocenters. The average molecular weight is 547 g/mol. The summed E-state index contributed by atoms with van der Waals surface area (Å²) in [4.78, 5) is 28.8. The van der Waals surface area contributed by atoms with Crippen LogP contribution in [0.2, 0.25) is 0 Å². The minimum absolute atomic E-state index is 0.0565. The number of hydrogen-bond donors (Lipinski definition) is 0. The minimum atomic E-state index is -4.77. The highest BCUT2D eigenvalue weighted by Crippen LogP contribution is 2.64. The second-order valence-corrected chi connectivity index (χ2v) is 10.6. The number of hydrogen-bond acceptors (Lipinski definition) is 10. The molecule has 1 aliphatic rings. The summed E-state index contributed by atoms with van der Waals surface area (Å²) < 4.78 is 53.4. The Kier molecular flexibility index (Phi) is 9.04. The number of rotatable bonds is 12. The largest absolute Gasteiger partial charge is 0.500 e. The van der Waals surface area contributed by atoms with E-state index in [1.165, 1.54) is 86.2 Å². The molecule has 0 saturated carbocycles. The molecule has 0 amide bonds. The van der Waals surface area contributed by atoms with Crippen molar-refractivity contribution in [2.45, 2.75) is 12.2 Å². The van der Waals surface area contributed by atoms with Crippen molar-refractivity contribution >= 4 is 18.2 Å². The fraction of sp³-hybridized carbons (Fsp3) is 0.333. The monoisotopic (exact) mass is 546 g/mol. The van der Waals surface area contributed by atoms with Crippen LogP contribution in [0.3, 0.4) is 0 Å². The van der Waals surface area contributed by atoms with Crippen molar-refractivity contribution in [3.05, 3.63) is 70.8 Å². The normalized spacial score (nSPS) is 14.6. The molecular formula is C27H31O10P. The Morgan fingerprint density at radius 2 is 1.08 bits per heavy atom. The molecule has 2 aromatic carbocycles. The highest BCUT2D eigenvalue weighted by molar-refractivity contribution is 7.98. The molecular weight excluding hydrogens is 515 g/mol. The second-order valence-electron chi connectivity index (χ2n) is 8.04. The predicted octanol–water partition coefficient (Wildman–Crippen LogP) is 4.87. The van der Waals surface area contributed by atoms with Gasteiger partial charge in [-0.05, 0) is 36.4 Å². The molecule has 11 heteroatoms. The van der Waals surface area contributed by atoms with Crippen LogP contribution in [-0.4, -0.2) is 66.6 Å². The van der Waals surface area contributed by atoms with Crippen LogP contribution < -0.4 is 18.9 Å². The Morgan fingerprint density at radius 1 is 0.684 bits per heavy atom. The van der Waals surface area contributed by atoms with Gasteiger partial charge in [-0.25, -0.2) is 0 Å². The zero-order chi connectivity index (χ0) is 28.1. The molecule has 0 aromatic heterocycles. The lowest BCUT2D eigenvalue weighted by Gasteiger charge is -2.33.